The molecule has 0 amide bonds. The molecule has 0 aromatic heterocycles. The third-order valence-corrected chi connectivity index (χ3v) is 2.35. The van der Waals surface area contributed by atoms with Crippen molar-refractivity contribution >= 4 is 0 Å². The molecule has 68 valence electrons. The molecule has 2 unspecified atom stereocenters. The third-order valence-electron chi connectivity index (χ3n) is 2.35. The highest BCUT2D eigenvalue weighted by Gasteiger charge is 2.33. The van der Waals surface area contributed by atoms with Crippen LogP contribution in [-0.4, -0.2) is 11.8 Å². The van der Waals surface area contributed by atoms with Crippen molar-refractivity contribution in [1.29, 1.82) is 0 Å². The van der Waals surface area contributed by atoms with Gasteiger partial charge in [0.2, 0.25) is 5.72 Å². The van der Waals surface area contributed by atoms with Crippen LogP contribution in [0.3, 0.4) is 0 Å². The maximum atomic E-state index is 10.6. The predicted octanol–water partition coefficient (Wildman–Crippen LogP) is 2.61. The van der Waals surface area contributed by atoms with E-state index in [1.54, 1.807) is 6.92 Å². The van der Waals surface area contributed by atoms with Crippen LogP contribution in [0.25, 0.3) is 0 Å². The molecule has 1 aliphatic rings. The van der Waals surface area contributed by atoms with Gasteiger partial charge in [0, 0.05) is 0 Å². The smallest absolute Gasteiger partial charge is 0.219 e. The van der Waals surface area contributed by atoms with Crippen molar-refractivity contribution in [2.45, 2.75) is 44.9 Å². The van der Waals surface area contributed by atoms with E-state index in [2.05, 4.69) is 11.8 Å². The van der Waals surface area contributed by atoms with E-state index < -0.39 is 5.72 Å². The highest BCUT2D eigenvalue weighted by Crippen LogP contribution is 2.31. The van der Waals surface area contributed by atoms with Crippen LogP contribution in [0, 0.1) is 4.91 Å². The summed E-state index contributed by atoms with van der Waals surface area (Å²) >= 11 is 0. The van der Waals surface area contributed by atoms with Crippen LogP contribution in [0.2, 0.25) is 0 Å². The molecule has 1 rings (SSSR count). The molecule has 1 saturated heterocycles. The van der Waals surface area contributed by atoms with Crippen LogP contribution in [0.1, 0.15) is 33.1 Å². The minimum atomic E-state index is -0.990. The van der Waals surface area contributed by atoms with Crippen molar-refractivity contribution in [1.82, 2.24) is 0 Å². The molecule has 0 aromatic carbocycles. The third kappa shape index (κ3) is 1.72. The van der Waals surface area contributed by atoms with Crippen LogP contribution in [-0.2, 0) is 4.74 Å². The van der Waals surface area contributed by atoms with Gasteiger partial charge in [0.25, 0.3) is 0 Å². The normalized spacial score (nSPS) is 37.5. The van der Waals surface area contributed by atoms with Crippen LogP contribution < -0.4 is 0 Å². The maximum absolute atomic E-state index is 10.6. The lowest BCUT2D eigenvalue weighted by atomic mass is 10.0. The monoisotopic (exact) mass is 169 g/mol. The molecule has 0 saturated carbocycles. The van der Waals surface area contributed by atoms with Crippen molar-refractivity contribution in [2.75, 3.05) is 0 Å². The van der Waals surface area contributed by atoms with Gasteiger partial charge in [-0.3, -0.25) is 0 Å². The summed E-state index contributed by atoms with van der Waals surface area (Å²) in [6.07, 6.45) is 2.95. The maximum Gasteiger partial charge on any atom is 0.219 e. The zero-order chi connectivity index (χ0) is 9.19. The van der Waals surface area contributed by atoms with E-state index in [1.165, 1.54) is 0 Å². The second-order valence-electron chi connectivity index (χ2n) is 3.50. The van der Waals surface area contributed by atoms with E-state index in [0.29, 0.717) is 0 Å². The lowest BCUT2D eigenvalue weighted by molar-refractivity contribution is -0.0421. The first kappa shape index (κ1) is 9.39. The Kier molecular flexibility index (Phi) is 2.62. The summed E-state index contributed by atoms with van der Waals surface area (Å²) in [7, 11) is 0. The topological polar surface area (TPSA) is 38.7 Å². The van der Waals surface area contributed by atoms with Crippen molar-refractivity contribution < 1.29 is 4.74 Å². The number of rotatable bonds is 1. The quantitative estimate of drug-likeness (QED) is 0.447. The number of nitrogens with zero attached hydrogens (tertiary/aromatic N) is 1. The summed E-state index contributed by atoms with van der Waals surface area (Å²) in [4.78, 5) is 10.6. The molecule has 0 spiro atoms. The standard InChI is InChI=1S/C9H15NO2/c1-7-5-4-6-8(2)12-9(7,3)10-11/h8H,1,4-6H2,2-3H3. The van der Waals surface area contributed by atoms with Crippen LogP contribution >= 0.6 is 0 Å². The van der Waals surface area contributed by atoms with E-state index in [0.717, 1.165) is 24.8 Å². The molecule has 1 heterocycles. The molecular weight excluding hydrogens is 154 g/mol. The fourth-order valence-corrected chi connectivity index (χ4v) is 1.45. The Morgan fingerprint density at radius 2 is 2.42 bits per heavy atom. The first-order chi connectivity index (χ1) is 5.58. The Morgan fingerprint density at radius 1 is 1.75 bits per heavy atom. The molecule has 3 heteroatoms. The largest absolute Gasteiger partial charge is 0.344 e. The molecule has 0 bridgehead atoms. The van der Waals surface area contributed by atoms with E-state index in [9.17, 15) is 4.91 Å². The second-order valence-corrected chi connectivity index (χ2v) is 3.50. The average molecular weight is 169 g/mol. The summed E-state index contributed by atoms with van der Waals surface area (Å²) in [6, 6.07) is 0. The summed E-state index contributed by atoms with van der Waals surface area (Å²) in [5.41, 5.74) is -0.197. The van der Waals surface area contributed by atoms with Gasteiger partial charge in [0.1, 0.15) is 0 Å². The molecule has 3 nitrogen and oxygen atoms in total. The lowest BCUT2D eigenvalue weighted by Crippen LogP contribution is -2.29. The summed E-state index contributed by atoms with van der Waals surface area (Å²) in [5, 5.41) is 3.00. The lowest BCUT2D eigenvalue weighted by Gasteiger charge is -2.24. The van der Waals surface area contributed by atoms with E-state index in [-0.39, 0.29) is 6.10 Å². The van der Waals surface area contributed by atoms with Crippen molar-refractivity contribution in [2.24, 2.45) is 5.18 Å². The van der Waals surface area contributed by atoms with E-state index in [4.69, 9.17) is 4.74 Å². The van der Waals surface area contributed by atoms with Gasteiger partial charge in [-0.05, 0) is 43.9 Å². The van der Waals surface area contributed by atoms with Gasteiger partial charge >= 0.3 is 0 Å². The van der Waals surface area contributed by atoms with Gasteiger partial charge in [-0.2, -0.15) is 0 Å². The minimum Gasteiger partial charge on any atom is -0.344 e. The van der Waals surface area contributed by atoms with Crippen molar-refractivity contribution in [3.63, 3.8) is 0 Å². The van der Waals surface area contributed by atoms with Gasteiger partial charge in [-0.1, -0.05) is 6.58 Å². The fourth-order valence-electron chi connectivity index (χ4n) is 1.45. The summed E-state index contributed by atoms with van der Waals surface area (Å²) in [6.45, 7) is 7.46. The first-order valence-corrected chi connectivity index (χ1v) is 4.29. The minimum absolute atomic E-state index is 0.104. The molecule has 0 radical (unpaired) electrons. The summed E-state index contributed by atoms with van der Waals surface area (Å²) in [5.74, 6) is 0. The van der Waals surface area contributed by atoms with E-state index >= 15 is 0 Å². The highest BCUT2D eigenvalue weighted by atomic mass is 16.5. The van der Waals surface area contributed by atoms with Crippen LogP contribution in [0.15, 0.2) is 17.3 Å². The zero-order valence-corrected chi connectivity index (χ0v) is 7.67. The van der Waals surface area contributed by atoms with Gasteiger partial charge < -0.3 is 4.74 Å². The van der Waals surface area contributed by atoms with Gasteiger partial charge in [0.05, 0.1) is 6.10 Å². The van der Waals surface area contributed by atoms with Crippen LogP contribution in [0.5, 0.6) is 0 Å². The number of hydrogen-bond donors (Lipinski definition) is 0. The van der Waals surface area contributed by atoms with Crippen LogP contribution in [0.4, 0.5) is 0 Å². The predicted molar refractivity (Wildman–Crippen MR) is 47.7 cm³/mol. The number of hydrogen-bond acceptors (Lipinski definition) is 3. The number of nitroso groups, excluding NO2 is 1. The van der Waals surface area contributed by atoms with Crippen molar-refractivity contribution in [3.05, 3.63) is 17.1 Å². The molecule has 0 aliphatic carbocycles. The van der Waals surface area contributed by atoms with E-state index in [1.807, 2.05) is 6.92 Å². The molecule has 12 heavy (non-hydrogen) atoms. The summed E-state index contributed by atoms with van der Waals surface area (Å²) < 4.78 is 5.48. The Morgan fingerprint density at radius 3 is 3.00 bits per heavy atom. The fraction of sp³-hybridized carbons (Fsp3) is 0.778. The first-order valence-electron chi connectivity index (χ1n) is 4.29. The Bertz CT molecular complexity index is 203. The number of ether oxygens (including phenoxy) is 1. The van der Waals surface area contributed by atoms with Crippen molar-refractivity contribution in [3.8, 4) is 0 Å². The van der Waals surface area contributed by atoms with Gasteiger partial charge in [0.15, 0.2) is 0 Å². The molecule has 2 atom stereocenters. The molecule has 0 aromatic rings. The molecule has 1 fully saturated rings. The molecular formula is C9H15NO2. The Labute approximate surface area is 72.8 Å². The Balaban J connectivity index is 2.80. The SMILES string of the molecule is C=C1CCCC(C)OC1(C)N=O. The zero-order valence-electron chi connectivity index (χ0n) is 7.67. The van der Waals surface area contributed by atoms with Gasteiger partial charge in [-0.25, -0.2) is 0 Å². The average Bonchev–Trinajstić information content (AvgIpc) is 2.14. The highest BCUT2D eigenvalue weighted by molar-refractivity contribution is 5.11. The molecule has 0 N–H and O–H groups in total. The Hall–Kier alpha value is -0.700. The van der Waals surface area contributed by atoms with Gasteiger partial charge in [-0.15, -0.1) is 4.91 Å². The molecule has 1 aliphatic heterocycles. The second kappa shape index (κ2) is 3.35.